The molecule has 5 heteroatoms. The van der Waals surface area contributed by atoms with Crippen LogP contribution in [0.4, 0.5) is 0 Å². The van der Waals surface area contributed by atoms with Crippen molar-refractivity contribution in [2.75, 3.05) is 12.3 Å². The highest BCUT2D eigenvalue weighted by Gasteiger charge is 2.08. The standard InChI is InChI=1S/C10H13N3OS/c11-6-3-7-15(14)10-12-8-4-1-2-5-9(8)13-10/h1-2,4-5H,3,6-7,11H2,(H,12,13). The Balaban J connectivity index is 2.25. The molecule has 15 heavy (non-hydrogen) atoms. The van der Waals surface area contributed by atoms with E-state index in [1.54, 1.807) is 0 Å². The number of aromatic nitrogens is 2. The Morgan fingerprint density at radius 1 is 1.40 bits per heavy atom. The number of hydrogen-bond donors (Lipinski definition) is 2. The molecule has 0 saturated carbocycles. The Kier molecular flexibility index (Phi) is 3.13. The Bertz CT molecular complexity index is 447. The number of para-hydroxylation sites is 2. The van der Waals surface area contributed by atoms with E-state index >= 15 is 0 Å². The summed E-state index contributed by atoms with van der Waals surface area (Å²) in [5, 5.41) is 0.546. The molecule has 2 aromatic rings. The molecule has 0 aliphatic rings. The Hall–Kier alpha value is -1.20. The van der Waals surface area contributed by atoms with Gasteiger partial charge in [0.2, 0.25) is 0 Å². The van der Waals surface area contributed by atoms with Crippen LogP contribution in [-0.4, -0.2) is 26.5 Å². The molecule has 2 rings (SSSR count). The van der Waals surface area contributed by atoms with Crippen molar-refractivity contribution in [3.8, 4) is 0 Å². The third-order valence-electron chi connectivity index (χ3n) is 2.12. The van der Waals surface area contributed by atoms with Crippen LogP contribution in [0.15, 0.2) is 29.4 Å². The van der Waals surface area contributed by atoms with Gasteiger partial charge in [-0.1, -0.05) is 12.1 Å². The number of aromatic amines is 1. The fourth-order valence-corrected chi connectivity index (χ4v) is 2.39. The molecule has 1 aromatic carbocycles. The molecular formula is C10H13N3OS. The van der Waals surface area contributed by atoms with Gasteiger partial charge in [0, 0.05) is 5.75 Å². The molecule has 0 spiro atoms. The number of H-pyrrole nitrogens is 1. The number of benzene rings is 1. The van der Waals surface area contributed by atoms with E-state index in [-0.39, 0.29) is 0 Å². The van der Waals surface area contributed by atoms with Crippen molar-refractivity contribution in [1.82, 2.24) is 9.97 Å². The Labute approximate surface area is 90.4 Å². The van der Waals surface area contributed by atoms with Crippen LogP contribution in [0.1, 0.15) is 6.42 Å². The number of fused-ring (bicyclic) bond motifs is 1. The minimum Gasteiger partial charge on any atom is -0.331 e. The summed E-state index contributed by atoms with van der Waals surface area (Å²) in [5.74, 6) is 0.566. The molecule has 0 aliphatic heterocycles. The Morgan fingerprint density at radius 2 is 2.20 bits per heavy atom. The zero-order valence-corrected chi connectivity index (χ0v) is 9.09. The SMILES string of the molecule is NCCCS(=O)c1nc2ccccc2[nH]1. The lowest BCUT2D eigenvalue weighted by Gasteiger charge is -1.94. The molecule has 4 nitrogen and oxygen atoms in total. The number of rotatable bonds is 4. The monoisotopic (exact) mass is 223 g/mol. The van der Waals surface area contributed by atoms with Crippen LogP contribution in [0.5, 0.6) is 0 Å². The van der Waals surface area contributed by atoms with Crippen LogP contribution < -0.4 is 5.73 Å². The quantitative estimate of drug-likeness (QED) is 0.812. The maximum Gasteiger partial charge on any atom is 0.197 e. The van der Waals surface area contributed by atoms with Gasteiger partial charge >= 0.3 is 0 Å². The smallest absolute Gasteiger partial charge is 0.197 e. The van der Waals surface area contributed by atoms with Crippen LogP contribution in [-0.2, 0) is 10.8 Å². The zero-order chi connectivity index (χ0) is 10.7. The molecule has 0 fully saturated rings. The molecule has 0 aliphatic carbocycles. The summed E-state index contributed by atoms with van der Waals surface area (Å²) in [5.41, 5.74) is 7.14. The third-order valence-corrected chi connectivity index (χ3v) is 3.40. The molecule has 1 atom stereocenters. The maximum absolute atomic E-state index is 11.7. The van der Waals surface area contributed by atoms with Gasteiger partial charge in [0.25, 0.3) is 0 Å². The van der Waals surface area contributed by atoms with Gasteiger partial charge in [-0.25, -0.2) is 4.98 Å². The van der Waals surface area contributed by atoms with Gasteiger partial charge in [-0.2, -0.15) is 0 Å². The van der Waals surface area contributed by atoms with E-state index in [1.807, 2.05) is 24.3 Å². The van der Waals surface area contributed by atoms with Crippen molar-refractivity contribution in [3.05, 3.63) is 24.3 Å². The van der Waals surface area contributed by atoms with Crippen LogP contribution >= 0.6 is 0 Å². The summed E-state index contributed by atoms with van der Waals surface area (Å²) in [6, 6.07) is 7.66. The summed E-state index contributed by atoms with van der Waals surface area (Å²) in [6.07, 6.45) is 0.754. The van der Waals surface area contributed by atoms with Gasteiger partial charge in [-0.3, -0.25) is 4.21 Å². The predicted octanol–water partition coefficient (Wildman–Crippen LogP) is 1.02. The molecule has 1 unspecified atom stereocenters. The van der Waals surface area contributed by atoms with E-state index in [4.69, 9.17) is 5.73 Å². The van der Waals surface area contributed by atoms with Crippen molar-refractivity contribution in [2.24, 2.45) is 5.73 Å². The number of nitrogens with two attached hydrogens (primary N) is 1. The van der Waals surface area contributed by atoms with Gasteiger partial charge in [0.05, 0.1) is 21.8 Å². The topological polar surface area (TPSA) is 71.8 Å². The molecule has 0 bridgehead atoms. The average Bonchev–Trinajstić information content (AvgIpc) is 2.69. The van der Waals surface area contributed by atoms with Crippen molar-refractivity contribution < 1.29 is 4.21 Å². The van der Waals surface area contributed by atoms with Crippen LogP contribution in [0.3, 0.4) is 0 Å². The summed E-state index contributed by atoms with van der Waals surface area (Å²) >= 11 is 0. The zero-order valence-electron chi connectivity index (χ0n) is 8.27. The average molecular weight is 223 g/mol. The number of hydrogen-bond acceptors (Lipinski definition) is 3. The molecule has 80 valence electrons. The van der Waals surface area contributed by atoms with Crippen molar-refractivity contribution in [1.29, 1.82) is 0 Å². The van der Waals surface area contributed by atoms with E-state index < -0.39 is 10.8 Å². The fraction of sp³-hybridized carbons (Fsp3) is 0.300. The van der Waals surface area contributed by atoms with Crippen LogP contribution in [0, 0.1) is 0 Å². The molecule has 3 N–H and O–H groups in total. The lowest BCUT2D eigenvalue weighted by Crippen LogP contribution is -2.06. The second-order valence-electron chi connectivity index (χ2n) is 3.25. The first-order valence-electron chi connectivity index (χ1n) is 4.84. The first kappa shape index (κ1) is 10.3. The highest BCUT2D eigenvalue weighted by Crippen LogP contribution is 2.12. The van der Waals surface area contributed by atoms with Gasteiger partial charge in [-0.15, -0.1) is 0 Å². The predicted molar refractivity (Wildman–Crippen MR) is 61.0 cm³/mol. The summed E-state index contributed by atoms with van der Waals surface area (Å²) in [6.45, 7) is 0.561. The molecule has 0 amide bonds. The minimum absolute atomic E-state index is 0.546. The number of imidazole rings is 1. The Morgan fingerprint density at radius 3 is 2.93 bits per heavy atom. The highest BCUT2D eigenvalue weighted by molar-refractivity contribution is 7.84. The second kappa shape index (κ2) is 4.55. The van der Waals surface area contributed by atoms with Crippen molar-refractivity contribution in [3.63, 3.8) is 0 Å². The van der Waals surface area contributed by atoms with E-state index in [0.29, 0.717) is 17.5 Å². The van der Waals surface area contributed by atoms with Crippen molar-refractivity contribution >= 4 is 21.8 Å². The molecular weight excluding hydrogens is 210 g/mol. The first-order chi connectivity index (χ1) is 7.31. The fourth-order valence-electron chi connectivity index (χ4n) is 1.35. The van der Waals surface area contributed by atoms with Crippen molar-refractivity contribution in [2.45, 2.75) is 11.6 Å². The summed E-state index contributed by atoms with van der Waals surface area (Å²) in [7, 11) is -1.06. The summed E-state index contributed by atoms with van der Waals surface area (Å²) < 4.78 is 11.7. The van der Waals surface area contributed by atoms with E-state index in [1.165, 1.54) is 0 Å². The number of nitrogens with zero attached hydrogens (tertiary/aromatic N) is 1. The summed E-state index contributed by atoms with van der Waals surface area (Å²) in [4.78, 5) is 7.32. The lowest BCUT2D eigenvalue weighted by atomic mass is 10.3. The maximum atomic E-state index is 11.7. The largest absolute Gasteiger partial charge is 0.331 e. The van der Waals surface area contributed by atoms with Gasteiger partial charge in [0.1, 0.15) is 0 Å². The van der Waals surface area contributed by atoms with Gasteiger partial charge in [0.15, 0.2) is 5.16 Å². The van der Waals surface area contributed by atoms with E-state index in [2.05, 4.69) is 9.97 Å². The van der Waals surface area contributed by atoms with Crippen LogP contribution in [0.2, 0.25) is 0 Å². The van der Waals surface area contributed by atoms with Gasteiger partial charge in [-0.05, 0) is 25.1 Å². The molecule has 0 radical (unpaired) electrons. The molecule has 1 heterocycles. The van der Waals surface area contributed by atoms with E-state index in [0.717, 1.165) is 17.5 Å². The minimum atomic E-state index is -1.06. The second-order valence-corrected chi connectivity index (χ2v) is 4.74. The molecule has 0 saturated heterocycles. The normalized spacial score (nSPS) is 13.1. The van der Waals surface area contributed by atoms with Crippen LogP contribution in [0.25, 0.3) is 11.0 Å². The first-order valence-corrected chi connectivity index (χ1v) is 6.16. The molecule has 1 aromatic heterocycles. The number of nitrogens with one attached hydrogen (secondary N) is 1. The van der Waals surface area contributed by atoms with E-state index in [9.17, 15) is 4.21 Å². The highest BCUT2D eigenvalue weighted by atomic mass is 32.2. The van der Waals surface area contributed by atoms with Gasteiger partial charge < -0.3 is 10.7 Å². The lowest BCUT2D eigenvalue weighted by molar-refractivity contribution is 0.675. The third kappa shape index (κ3) is 2.24.